The topological polar surface area (TPSA) is 0 Å². The minimum atomic E-state index is -0.428. The van der Waals surface area contributed by atoms with E-state index >= 15 is 0 Å². The Bertz CT molecular complexity index is 146. The Morgan fingerprint density at radius 1 is 0.400 bits per heavy atom. The Hall–Kier alpha value is 1.12. The van der Waals surface area contributed by atoms with Gasteiger partial charge in [0.05, 0.1) is 0 Å². The zero-order chi connectivity index (χ0) is 15.1. The van der Waals surface area contributed by atoms with Crippen LogP contribution in [0.15, 0.2) is 0 Å². The van der Waals surface area contributed by atoms with Gasteiger partial charge in [-0.25, -0.2) is 0 Å². The molecule has 0 aromatic heterocycles. The van der Waals surface area contributed by atoms with Crippen LogP contribution in [0.1, 0.15) is 79.1 Å². The van der Waals surface area contributed by atoms with Gasteiger partial charge < -0.3 is 0 Å². The molecule has 2 heteroatoms. The summed E-state index contributed by atoms with van der Waals surface area (Å²) in [6.07, 6.45) is 11.8. The molecule has 0 nitrogen and oxygen atoms in total. The van der Waals surface area contributed by atoms with E-state index < -0.39 is 29.3 Å². The zero-order valence-corrected chi connectivity index (χ0v) is 18.5. The number of hydrogen-bond acceptors (Lipinski definition) is 0. The maximum absolute atomic E-state index is 2.37. The van der Waals surface area contributed by atoms with Crippen LogP contribution in [0.4, 0.5) is 0 Å². The first-order valence-corrected chi connectivity index (χ1v) is 17.2. The van der Waals surface area contributed by atoms with E-state index in [0.29, 0.717) is 0 Å². The quantitative estimate of drug-likeness (QED) is 0.253. The average Bonchev–Trinajstić information content (AvgIpc) is 2.48. The predicted octanol–water partition coefficient (Wildman–Crippen LogP) is 7.18. The molecule has 0 fully saturated rings. The Kier molecular flexibility index (Phi) is 17.4. The Morgan fingerprint density at radius 2 is 0.650 bits per heavy atom. The molecular formula is C18H40As2. The van der Waals surface area contributed by atoms with Crippen LogP contribution in [0.3, 0.4) is 0 Å². The number of unbranched alkanes of at least 4 members (excludes halogenated alkanes) is 4. The van der Waals surface area contributed by atoms with Gasteiger partial charge in [-0.05, 0) is 0 Å². The third kappa shape index (κ3) is 12.8. The van der Waals surface area contributed by atoms with Crippen LogP contribution < -0.4 is 0 Å². The van der Waals surface area contributed by atoms with Crippen molar-refractivity contribution in [2.45, 2.75) is 110 Å². The van der Waals surface area contributed by atoms with Crippen molar-refractivity contribution in [3.05, 3.63) is 0 Å². The molecule has 0 amide bonds. The Morgan fingerprint density at radius 3 is 0.850 bits per heavy atom. The summed E-state index contributed by atoms with van der Waals surface area (Å²) in [5.41, 5.74) is 0. The molecule has 0 rings (SSSR count). The Balaban J connectivity index is 4.05. The van der Waals surface area contributed by atoms with Gasteiger partial charge in [-0.2, -0.15) is 0 Å². The molecule has 0 bridgehead atoms. The van der Waals surface area contributed by atoms with Crippen LogP contribution in [-0.2, 0) is 0 Å². The second-order valence-corrected chi connectivity index (χ2v) is 17.4. The Labute approximate surface area is 139 Å². The van der Waals surface area contributed by atoms with Crippen molar-refractivity contribution in [3.8, 4) is 0 Å². The first-order valence-electron chi connectivity index (χ1n) is 9.23. The molecule has 0 atom stereocenters. The fourth-order valence-electron chi connectivity index (χ4n) is 2.48. The molecule has 0 unspecified atom stereocenters. The van der Waals surface area contributed by atoms with E-state index in [1.165, 1.54) is 51.4 Å². The SMILES string of the molecule is CCCC[As](CCCC)CC[As](CCCC)CCCC. The standard InChI is InChI=1S/C18H40As2/c1-5-9-13-19(14-10-6-2)17-18-20(15-11-7-3)16-12-8-4/h5-18H2,1-4H3. The van der Waals surface area contributed by atoms with Gasteiger partial charge in [-0.1, -0.05) is 0 Å². The molecule has 0 radical (unpaired) electrons. The molecule has 20 heavy (non-hydrogen) atoms. The molecule has 0 saturated heterocycles. The van der Waals surface area contributed by atoms with E-state index in [4.69, 9.17) is 0 Å². The first-order chi connectivity index (χ1) is 9.78. The van der Waals surface area contributed by atoms with Crippen molar-refractivity contribution in [1.82, 2.24) is 0 Å². The molecule has 0 aliphatic rings. The van der Waals surface area contributed by atoms with Crippen molar-refractivity contribution in [2.75, 3.05) is 0 Å². The molecule has 0 aromatic carbocycles. The van der Waals surface area contributed by atoms with Crippen molar-refractivity contribution in [2.24, 2.45) is 0 Å². The summed E-state index contributed by atoms with van der Waals surface area (Å²) in [5.74, 6) is 0. The average molecular weight is 406 g/mol. The van der Waals surface area contributed by atoms with Gasteiger partial charge in [0.1, 0.15) is 0 Å². The number of rotatable bonds is 15. The summed E-state index contributed by atoms with van der Waals surface area (Å²) >= 11 is -0.855. The first kappa shape index (κ1) is 21.1. The van der Waals surface area contributed by atoms with Crippen molar-refractivity contribution >= 4 is 29.3 Å². The van der Waals surface area contributed by atoms with E-state index in [2.05, 4.69) is 27.7 Å². The van der Waals surface area contributed by atoms with Crippen molar-refractivity contribution in [1.29, 1.82) is 0 Å². The fraction of sp³-hybridized carbons (Fsp3) is 1.00. The van der Waals surface area contributed by atoms with Gasteiger partial charge in [-0.15, -0.1) is 0 Å². The van der Waals surface area contributed by atoms with E-state index in [0.717, 1.165) is 0 Å². The molecule has 0 N–H and O–H groups in total. The third-order valence-corrected chi connectivity index (χ3v) is 17.3. The molecule has 0 saturated carbocycles. The van der Waals surface area contributed by atoms with Crippen LogP contribution in [0.2, 0.25) is 31.3 Å². The summed E-state index contributed by atoms with van der Waals surface area (Å²) in [4.78, 5) is 0. The maximum atomic E-state index is 2.37. The van der Waals surface area contributed by atoms with Crippen LogP contribution in [0.25, 0.3) is 0 Å². The van der Waals surface area contributed by atoms with E-state index in [9.17, 15) is 0 Å². The second-order valence-electron chi connectivity index (χ2n) is 6.10. The van der Waals surface area contributed by atoms with Gasteiger partial charge in [-0.3, -0.25) is 0 Å². The van der Waals surface area contributed by atoms with E-state index in [1.807, 2.05) is 0 Å². The van der Waals surface area contributed by atoms with Gasteiger partial charge in [0.15, 0.2) is 0 Å². The fourth-order valence-corrected chi connectivity index (χ4v) is 19.1. The summed E-state index contributed by atoms with van der Waals surface area (Å²) in [7, 11) is 0. The van der Waals surface area contributed by atoms with E-state index in [-0.39, 0.29) is 0 Å². The van der Waals surface area contributed by atoms with Crippen LogP contribution in [0.5, 0.6) is 0 Å². The van der Waals surface area contributed by atoms with Gasteiger partial charge in [0.2, 0.25) is 0 Å². The van der Waals surface area contributed by atoms with Crippen LogP contribution >= 0.6 is 0 Å². The van der Waals surface area contributed by atoms with Crippen molar-refractivity contribution in [3.63, 3.8) is 0 Å². The summed E-state index contributed by atoms with van der Waals surface area (Å²) in [5, 5.41) is 10.1. The molecule has 0 aromatic rings. The van der Waals surface area contributed by atoms with Crippen LogP contribution in [0, 0.1) is 0 Å². The molecule has 0 heterocycles. The van der Waals surface area contributed by atoms with Gasteiger partial charge >= 0.3 is 140 Å². The van der Waals surface area contributed by atoms with Gasteiger partial charge in [0, 0.05) is 0 Å². The van der Waals surface area contributed by atoms with Crippen molar-refractivity contribution < 1.29 is 0 Å². The molecule has 0 spiro atoms. The second kappa shape index (κ2) is 16.5. The molecule has 0 aliphatic carbocycles. The summed E-state index contributed by atoms with van der Waals surface area (Å²) < 4.78 is 0. The normalized spacial score (nSPS) is 11.7. The minimum absolute atomic E-state index is 0.428. The zero-order valence-electron chi connectivity index (χ0n) is 14.8. The summed E-state index contributed by atoms with van der Waals surface area (Å²) in [6, 6.07) is 0. The monoisotopic (exact) mass is 406 g/mol. The van der Waals surface area contributed by atoms with Crippen LogP contribution in [-0.4, -0.2) is 29.3 Å². The summed E-state index contributed by atoms with van der Waals surface area (Å²) in [6.45, 7) is 9.47. The third-order valence-electron chi connectivity index (χ3n) is 4.04. The number of hydrogen-bond donors (Lipinski definition) is 0. The molecular weight excluding hydrogens is 366 g/mol. The molecule has 122 valence electrons. The van der Waals surface area contributed by atoms with Gasteiger partial charge in [0.25, 0.3) is 0 Å². The molecule has 0 aliphatic heterocycles. The predicted molar refractivity (Wildman–Crippen MR) is 100.0 cm³/mol. The van der Waals surface area contributed by atoms with E-state index in [1.54, 1.807) is 31.3 Å².